The van der Waals surface area contributed by atoms with Crippen LogP contribution in [0.2, 0.25) is 0 Å². The SMILES string of the molecule is CN(C)c1cccc(NC(=O)NC2(CN3CCCC3Cc3ccc(F)cc3)CCC2)c1. The van der Waals surface area contributed by atoms with Crippen LogP contribution in [0.5, 0.6) is 0 Å². The molecular formula is C25H33FN4O. The van der Waals surface area contributed by atoms with E-state index in [9.17, 15) is 9.18 Å². The molecule has 2 aromatic carbocycles. The van der Waals surface area contributed by atoms with Crippen LogP contribution in [0, 0.1) is 5.82 Å². The first-order chi connectivity index (χ1) is 14.9. The summed E-state index contributed by atoms with van der Waals surface area (Å²) in [6.07, 6.45) is 6.42. The van der Waals surface area contributed by atoms with Crippen LogP contribution in [0.25, 0.3) is 0 Å². The fourth-order valence-electron chi connectivity index (χ4n) is 4.81. The number of anilines is 2. The van der Waals surface area contributed by atoms with Crippen LogP contribution < -0.4 is 15.5 Å². The van der Waals surface area contributed by atoms with Gasteiger partial charge in [-0.3, -0.25) is 4.90 Å². The molecule has 2 aliphatic rings. The topological polar surface area (TPSA) is 47.6 Å². The van der Waals surface area contributed by atoms with Crippen LogP contribution in [0.3, 0.4) is 0 Å². The Labute approximate surface area is 184 Å². The summed E-state index contributed by atoms with van der Waals surface area (Å²) in [5, 5.41) is 6.30. The van der Waals surface area contributed by atoms with Crippen molar-refractivity contribution >= 4 is 17.4 Å². The molecule has 6 heteroatoms. The van der Waals surface area contributed by atoms with Gasteiger partial charge in [-0.05, 0) is 81.0 Å². The molecule has 1 aliphatic carbocycles. The normalized spacial score (nSPS) is 20.2. The van der Waals surface area contributed by atoms with Gasteiger partial charge in [-0.25, -0.2) is 9.18 Å². The summed E-state index contributed by atoms with van der Waals surface area (Å²) in [6.45, 7) is 1.94. The summed E-state index contributed by atoms with van der Waals surface area (Å²) in [7, 11) is 3.97. The highest BCUT2D eigenvalue weighted by Gasteiger charge is 2.42. The van der Waals surface area contributed by atoms with Gasteiger partial charge in [-0.15, -0.1) is 0 Å². The molecule has 0 aromatic heterocycles. The molecule has 2 amide bonds. The molecule has 1 atom stereocenters. The maximum Gasteiger partial charge on any atom is 0.319 e. The maximum atomic E-state index is 13.2. The summed E-state index contributed by atoms with van der Waals surface area (Å²) >= 11 is 0. The second kappa shape index (κ2) is 9.27. The molecule has 1 saturated carbocycles. The van der Waals surface area contributed by atoms with E-state index in [1.807, 2.05) is 55.4 Å². The molecule has 0 bridgehead atoms. The number of nitrogens with one attached hydrogen (secondary N) is 2. The average Bonchev–Trinajstić information content (AvgIpc) is 3.14. The smallest absolute Gasteiger partial charge is 0.319 e. The minimum Gasteiger partial charge on any atom is -0.378 e. The van der Waals surface area contributed by atoms with Crippen molar-refractivity contribution in [1.82, 2.24) is 10.2 Å². The summed E-state index contributed by atoms with van der Waals surface area (Å²) in [4.78, 5) is 17.3. The number of amides is 2. The molecule has 31 heavy (non-hydrogen) atoms. The van der Waals surface area contributed by atoms with Crippen LogP contribution in [-0.4, -0.2) is 49.7 Å². The highest BCUT2D eigenvalue weighted by molar-refractivity contribution is 5.90. The van der Waals surface area contributed by atoms with E-state index in [2.05, 4.69) is 15.5 Å². The molecule has 1 saturated heterocycles. The Bertz CT molecular complexity index is 895. The van der Waals surface area contributed by atoms with Gasteiger partial charge in [0.05, 0.1) is 5.54 Å². The van der Waals surface area contributed by atoms with Crippen molar-refractivity contribution in [3.8, 4) is 0 Å². The number of urea groups is 1. The number of halogens is 1. The Kier molecular flexibility index (Phi) is 6.46. The lowest BCUT2D eigenvalue weighted by atomic mass is 9.76. The van der Waals surface area contributed by atoms with Crippen molar-refractivity contribution in [3.05, 3.63) is 59.9 Å². The van der Waals surface area contributed by atoms with Gasteiger partial charge in [-0.2, -0.15) is 0 Å². The van der Waals surface area contributed by atoms with E-state index < -0.39 is 0 Å². The van der Waals surface area contributed by atoms with Crippen molar-refractivity contribution in [2.24, 2.45) is 0 Å². The molecule has 166 valence electrons. The third kappa shape index (κ3) is 5.37. The number of carbonyl (C=O) groups excluding carboxylic acids is 1. The van der Waals surface area contributed by atoms with E-state index in [0.717, 1.165) is 56.6 Å². The van der Waals surface area contributed by atoms with E-state index in [-0.39, 0.29) is 17.4 Å². The number of nitrogens with zero attached hydrogens (tertiary/aromatic N) is 2. The van der Waals surface area contributed by atoms with Crippen molar-refractivity contribution in [3.63, 3.8) is 0 Å². The first-order valence-electron chi connectivity index (χ1n) is 11.3. The van der Waals surface area contributed by atoms with Crippen LogP contribution in [0.4, 0.5) is 20.6 Å². The molecule has 1 unspecified atom stereocenters. The fourth-order valence-corrected chi connectivity index (χ4v) is 4.81. The Balaban J connectivity index is 1.36. The van der Waals surface area contributed by atoms with Crippen LogP contribution in [0.1, 0.15) is 37.7 Å². The van der Waals surface area contributed by atoms with Gasteiger partial charge in [0.15, 0.2) is 0 Å². The Morgan fingerprint density at radius 1 is 1.16 bits per heavy atom. The predicted octanol–water partition coefficient (Wildman–Crippen LogP) is 4.64. The van der Waals surface area contributed by atoms with E-state index in [1.165, 1.54) is 12.0 Å². The van der Waals surface area contributed by atoms with E-state index in [4.69, 9.17) is 0 Å². The highest BCUT2D eigenvalue weighted by Crippen LogP contribution is 2.35. The van der Waals surface area contributed by atoms with Crippen molar-refractivity contribution in [2.45, 2.75) is 50.1 Å². The van der Waals surface area contributed by atoms with Crippen molar-refractivity contribution in [1.29, 1.82) is 0 Å². The number of hydrogen-bond donors (Lipinski definition) is 2. The van der Waals surface area contributed by atoms with Crippen LogP contribution in [0.15, 0.2) is 48.5 Å². The second-order valence-corrected chi connectivity index (χ2v) is 9.25. The molecule has 2 N–H and O–H groups in total. The minimum atomic E-state index is -0.188. The van der Waals surface area contributed by atoms with Gasteiger partial charge in [0.25, 0.3) is 0 Å². The fraction of sp³-hybridized carbons (Fsp3) is 0.480. The van der Waals surface area contributed by atoms with E-state index in [0.29, 0.717) is 6.04 Å². The highest BCUT2D eigenvalue weighted by atomic mass is 19.1. The average molecular weight is 425 g/mol. The molecule has 2 aromatic rings. The lowest BCUT2D eigenvalue weighted by Crippen LogP contribution is -2.61. The van der Waals surface area contributed by atoms with Gasteiger partial charge in [0.2, 0.25) is 0 Å². The molecule has 2 fully saturated rings. The van der Waals surface area contributed by atoms with Crippen LogP contribution in [-0.2, 0) is 6.42 Å². The number of likely N-dealkylation sites (tertiary alicyclic amines) is 1. The van der Waals surface area contributed by atoms with E-state index >= 15 is 0 Å². The third-order valence-electron chi connectivity index (χ3n) is 6.70. The molecular weight excluding hydrogens is 391 g/mol. The molecule has 5 nitrogen and oxygen atoms in total. The summed E-state index contributed by atoms with van der Waals surface area (Å²) in [6, 6.07) is 15.0. The van der Waals surface area contributed by atoms with Crippen molar-refractivity contribution < 1.29 is 9.18 Å². The van der Waals surface area contributed by atoms with Gasteiger partial charge in [0.1, 0.15) is 5.82 Å². The Morgan fingerprint density at radius 3 is 2.61 bits per heavy atom. The first kappa shape index (κ1) is 21.6. The number of rotatable bonds is 7. The van der Waals surface area contributed by atoms with E-state index in [1.54, 1.807) is 12.1 Å². The minimum absolute atomic E-state index is 0.134. The summed E-state index contributed by atoms with van der Waals surface area (Å²) in [5.74, 6) is -0.188. The molecule has 1 aliphatic heterocycles. The monoisotopic (exact) mass is 424 g/mol. The van der Waals surface area contributed by atoms with Gasteiger partial charge in [-0.1, -0.05) is 18.2 Å². The molecule has 0 spiro atoms. The van der Waals surface area contributed by atoms with Crippen LogP contribution >= 0.6 is 0 Å². The van der Waals surface area contributed by atoms with Gasteiger partial charge >= 0.3 is 6.03 Å². The lowest BCUT2D eigenvalue weighted by molar-refractivity contribution is 0.109. The summed E-state index contributed by atoms with van der Waals surface area (Å²) in [5.41, 5.74) is 2.87. The quantitative estimate of drug-likeness (QED) is 0.681. The third-order valence-corrected chi connectivity index (χ3v) is 6.70. The van der Waals surface area contributed by atoms with Gasteiger partial charge < -0.3 is 15.5 Å². The zero-order valence-corrected chi connectivity index (χ0v) is 18.5. The Morgan fingerprint density at radius 2 is 1.94 bits per heavy atom. The zero-order valence-electron chi connectivity index (χ0n) is 18.5. The number of carbonyl (C=O) groups is 1. The molecule has 4 rings (SSSR count). The first-order valence-corrected chi connectivity index (χ1v) is 11.3. The zero-order chi connectivity index (χ0) is 21.8. The Hall–Kier alpha value is -2.60. The predicted molar refractivity (Wildman–Crippen MR) is 124 cm³/mol. The van der Waals surface area contributed by atoms with Gasteiger partial charge in [0, 0.05) is 38.1 Å². The maximum absolute atomic E-state index is 13.2. The largest absolute Gasteiger partial charge is 0.378 e. The second-order valence-electron chi connectivity index (χ2n) is 9.25. The number of hydrogen-bond acceptors (Lipinski definition) is 3. The summed E-state index contributed by atoms with van der Waals surface area (Å²) < 4.78 is 13.2. The van der Waals surface area contributed by atoms with Crippen molar-refractivity contribution in [2.75, 3.05) is 37.4 Å². The lowest BCUT2D eigenvalue weighted by Gasteiger charge is -2.46. The molecule has 1 heterocycles. The standard InChI is InChI=1S/C25H33FN4O/c1-29(2)22-7-3-6-21(17-22)27-24(31)28-25(13-5-14-25)18-30-15-4-8-23(30)16-19-9-11-20(26)12-10-19/h3,6-7,9-12,17,23H,4-5,8,13-16,18H2,1-2H3,(H2,27,28,31). The molecule has 0 radical (unpaired) electrons. The number of benzene rings is 2.